The lowest BCUT2D eigenvalue weighted by atomic mass is 9.93. The first-order chi connectivity index (χ1) is 10.3. The largest absolute Gasteiger partial charge is 0.496 e. The van der Waals surface area contributed by atoms with Crippen molar-refractivity contribution in [2.75, 3.05) is 12.5 Å². The second-order valence-corrected chi connectivity index (χ2v) is 6.43. The Kier molecular flexibility index (Phi) is 4.20. The molecule has 0 bridgehead atoms. The average molecular weight is 301 g/mol. The van der Waals surface area contributed by atoms with E-state index in [2.05, 4.69) is 22.4 Å². The zero-order chi connectivity index (χ0) is 14.7. The van der Waals surface area contributed by atoms with E-state index in [-0.39, 0.29) is 0 Å². The number of aromatic nitrogens is 1. The number of para-hydroxylation sites is 1. The van der Waals surface area contributed by atoms with Crippen LogP contribution >= 0.6 is 11.3 Å². The molecule has 0 aliphatic heterocycles. The van der Waals surface area contributed by atoms with Gasteiger partial charge in [0.25, 0.3) is 0 Å². The monoisotopic (exact) mass is 301 g/mol. The van der Waals surface area contributed by atoms with Gasteiger partial charge < -0.3 is 4.74 Å². The second-order valence-electron chi connectivity index (χ2n) is 5.35. The van der Waals surface area contributed by atoms with Gasteiger partial charge in [-0.1, -0.05) is 19.1 Å². The van der Waals surface area contributed by atoms with Crippen molar-refractivity contribution >= 4 is 22.7 Å². The molecule has 3 rings (SSSR count). The number of thiazole rings is 1. The topological polar surface area (TPSA) is 46.5 Å². The molecule has 1 aromatic heterocycles. The summed E-state index contributed by atoms with van der Waals surface area (Å²) in [7, 11) is 1.66. The molecule has 4 nitrogen and oxygen atoms in total. The van der Waals surface area contributed by atoms with Crippen molar-refractivity contribution in [2.45, 2.75) is 26.2 Å². The van der Waals surface area contributed by atoms with E-state index in [1.165, 1.54) is 17.0 Å². The molecular weight excluding hydrogens is 282 g/mol. The number of fused-ring (bicyclic) bond motifs is 1. The van der Waals surface area contributed by atoms with Crippen molar-refractivity contribution < 1.29 is 4.74 Å². The van der Waals surface area contributed by atoms with E-state index < -0.39 is 0 Å². The van der Waals surface area contributed by atoms with Crippen LogP contribution in [0.25, 0.3) is 0 Å². The van der Waals surface area contributed by atoms with Gasteiger partial charge in [0.15, 0.2) is 0 Å². The summed E-state index contributed by atoms with van der Waals surface area (Å²) in [6, 6.07) is 7.80. The molecule has 1 heterocycles. The van der Waals surface area contributed by atoms with E-state index in [0.29, 0.717) is 0 Å². The number of anilines is 1. The van der Waals surface area contributed by atoms with Crippen molar-refractivity contribution in [3.05, 3.63) is 40.4 Å². The van der Waals surface area contributed by atoms with Gasteiger partial charge in [-0.15, -0.1) is 11.3 Å². The van der Waals surface area contributed by atoms with Crippen LogP contribution in [0, 0.1) is 5.92 Å². The zero-order valence-electron chi connectivity index (χ0n) is 12.3. The number of hydrazone groups is 1. The Labute approximate surface area is 128 Å². The van der Waals surface area contributed by atoms with E-state index in [1.54, 1.807) is 24.7 Å². The van der Waals surface area contributed by atoms with Gasteiger partial charge in [0.1, 0.15) is 5.75 Å². The number of aryl methyl sites for hydroxylation is 1. The van der Waals surface area contributed by atoms with Gasteiger partial charge in [0.05, 0.1) is 19.0 Å². The normalized spacial score (nSPS) is 17.7. The van der Waals surface area contributed by atoms with Gasteiger partial charge in [-0.05, 0) is 37.3 Å². The van der Waals surface area contributed by atoms with Gasteiger partial charge >= 0.3 is 0 Å². The van der Waals surface area contributed by atoms with E-state index in [0.717, 1.165) is 35.2 Å². The first-order valence-electron chi connectivity index (χ1n) is 7.17. The van der Waals surface area contributed by atoms with Crippen LogP contribution in [-0.2, 0) is 12.8 Å². The summed E-state index contributed by atoms with van der Waals surface area (Å²) < 4.78 is 5.29. The van der Waals surface area contributed by atoms with Gasteiger partial charge in [-0.25, -0.2) is 4.98 Å². The number of ether oxygens (including phenoxy) is 1. The first kappa shape index (κ1) is 14.1. The Morgan fingerprint density at radius 3 is 3.14 bits per heavy atom. The van der Waals surface area contributed by atoms with E-state index in [4.69, 9.17) is 4.74 Å². The lowest BCUT2D eigenvalue weighted by Gasteiger charge is -2.15. The summed E-state index contributed by atoms with van der Waals surface area (Å²) in [5.74, 6) is 1.58. The Hall–Kier alpha value is -1.88. The Balaban J connectivity index is 1.69. The highest BCUT2D eigenvalue weighted by Crippen LogP contribution is 2.32. The maximum Gasteiger partial charge on any atom is 0.203 e. The number of nitrogens with one attached hydrogen (secondary N) is 1. The smallest absolute Gasteiger partial charge is 0.203 e. The first-order valence-corrected chi connectivity index (χ1v) is 7.98. The van der Waals surface area contributed by atoms with Crippen LogP contribution < -0.4 is 10.2 Å². The van der Waals surface area contributed by atoms with Crippen LogP contribution in [-0.4, -0.2) is 18.3 Å². The molecule has 0 radical (unpaired) electrons. The molecule has 1 aliphatic carbocycles. The van der Waals surface area contributed by atoms with E-state index >= 15 is 0 Å². The Bertz CT molecular complexity index is 651. The third-order valence-corrected chi connectivity index (χ3v) is 4.71. The molecule has 0 saturated heterocycles. The van der Waals surface area contributed by atoms with Gasteiger partial charge in [-0.3, -0.25) is 5.43 Å². The molecule has 0 fully saturated rings. The maximum absolute atomic E-state index is 5.29. The van der Waals surface area contributed by atoms with Crippen molar-refractivity contribution in [3.8, 4) is 5.75 Å². The van der Waals surface area contributed by atoms with E-state index in [9.17, 15) is 0 Å². The van der Waals surface area contributed by atoms with Crippen molar-refractivity contribution in [2.24, 2.45) is 11.0 Å². The van der Waals surface area contributed by atoms with Gasteiger partial charge in [-0.2, -0.15) is 5.10 Å². The standard InChI is InChI=1S/C16H19N3OS/c1-11-7-8-13-15(9-11)21-16(18-13)19-17-10-12-5-3-4-6-14(12)20-2/h3-6,10-11H,7-9H2,1-2H3,(H,18,19)/b17-10-. The van der Waals surface area contributed by atoms with E-state index in [1.807, 2.05) is 24.3 Å². The molecule has 110 valence electrons. The highest BCUT2D eigenvalue weighted by Gasteiger charge is 2.19. The minimum absolute atomic E-state index is 0.767. The molecule has 1 aromatic carbocycles. The predicted molar refractivity (Wildman–Crippen MR) is 87.5 cm³/mol. The fraction of sp³-hybridized carbons (Fsp3) is 0.375. The number of nitrogens with zero attached hydrogens (tertiary/aromatic N) is 2. The fourth-order valence-corrected chi connectivity index (χ4v) is 3.64. The van der Waals surface area contributed by atoms with Crippen LogP contribution in [0.2, 0.25) is 0 Å². The number of benzene rings is 1. The molecule has 2 aromatic rings. The van der Waals surface area contributed by atoms with Crippen molar-refractivity contribution in [1.29, 1.82) is 0 Å². The summed E-state index contributed by atoms with van der Waals surface area (Å²) in [6.45, 7) is 2.30. The number of hydrogen-bond donors (Lipinski definition) is 1. The molecule has 1 unspecified atom stereocenters. The third-order valence-electron chi connectivity index (χ3n) is 3.69. The predicted octanol–water partition coefficient (Wildman–Crippen LogP) is 3.72. The highest BCUT2D eigenvalue weighted by molar-refractivity contribution is 7.15. The molecule has 0 amide bonds. The maximum atomic E-state index is 5.29. The molecular formula is C16H19N3OS. The number of methoxy groups -OCH3 is 1. The van der Waals surface area contributed by atoms with Crippen LogP contribution in [0.3, 0.4) is 0 Å². The molecule has 1 aliphatic rings. The summed E-state index contributed by atoms with van der Waals surface area (Å²) in [6.07, 6.45) is 5.23. The average Bonchev–Trinajstić information content (AvgIpc) is 2.89. The minimum atomic E-state index is 0.767. The molecule has 1 atom stereocenters. The lowest BCUT2D eigenvalue weighted by Crippen LogP contribution is -2.09. The molecule has 5 heteroatoms. The molecule has 0 spiro atoms. The van der Waals surface area contributed by atoms with Crippen LogP contribution in [0.15, 0.2) is 29.4 Å². The summed E-state index contributed by atoms with van der Waals surface area (Å²) in [5, 5.41) is 5.15. The van der Waals surface area contributed by atoms with Crippen molar-refractivity contribution in [1.82, 2.24) is 4.98 Å². The minimum Gasteiger partial charge on any atom is -0.496 e. The summed E-state index contributed by atoms with van der Waals surface area (Å²) >= 11 is 1.72. The number of rotatable bonds is 4. The lowest BCUT2D eigenvalue weighted by molar-refractivity contribution is 0.414. The summed E-state index contributed by atoms with van der Waals surface area (Å²) in [5.41, 5.74) is 5.23. The van der Waals surface area contributed by atoms with Crippen LogP contribution in [0.5, 0.6) is 5.75 Å². The Morgan fingerprint density at radius 1 is 1.43 bits per heavy atom. The van der Waals surface area contributed by atoms with Crippen LogP contribution in [0.4, 0.5) is 5.13 Å². The SMILES string of the molecule is COc1ccccc1/C=N\Nc1nc2c(s1)CC(C)CC2. The quantitative estimate of drug-likeness (QED) is 0.691. The molecule has 21 heavy (non-hydrogen) atoms. The number of hydrogen-bond acceptors (Lipinski definition) is 5. The van der Waals surface area contributed by atoms with Crippen molar-refractivity contribution in [3.63, 3.8) is 0 Å². The van der Waals surface area contributed by atoms with Gasteiger partial charge in [0, 0.05) is 10.4 Å². The summed E-state index contributed by atoms with van der Waals surface area (Å²) in [4.78, 5) is 6.03. The molecule has 1 N–H and O–H groups in total. The van der Waals surface area contributed by atoms with Crippen LogP contribution in [0.1, 0.15) is 29.5 Å². The molecule has 0 saturated carbocycles. The Morgan fingerprint density at radius 2 is 2.29 bits per heavy atom. The zero-order valence-corrected chi connectivity index (χ0v) is 13.1. The second kappa shape index (κ2) is 6.26. The fourth-order valence-electron chi connectivity index (χ4n) is 2.52. The van der Waals surface area contributed by atoms with Gasteiger partial charge in [0.2, 0.25) is 5.13 Å². The third kappa shape index (κ3) is 3.24. The highest BCUT2D eigenvalue weighted by atomic mass is 32.1.